The van der Waals surface area contributed by atoms with Crippen LogP contribution in [-0.2, 0) is 11.3 Å². The Balaban J connectivity index is 1.98. The molecular weight excluding hydrogens is 279 g/mol. The maximum atomic E-state index is 12.3. The van der Waals surface area contributed by atoms with Crippen LogP contribution < -0.4 is 10.9 Å². The Morgan fingerprint density at radius 1 is 1.55 bits per heavy atom. The van der Waals surface area contributed by atoms with E-state index < -0.39 is 36.1 Å². The zero-order valence-corrected chi connectivity index (χ0v) is 10.2. The zero-order chi connectivity index (χ0) is 14.9. The van der Waals surface area contributed by atoms with Gasteiger partial charge in [0.15, 0.2) is 5.82 Å². The van der Waals surface area contributed by atoms with Crippen molar-refractivity contribution in [1.82, 2.24) is 9.55 Å². The number of aromatic nitrogens is 2. The van der Waals surface area contributed by atoms with Gasteiger partial charge in [-0.05, 0) is 12.3 Å². The van der Waals surface area contributed by atoms with E-state index in [0.29, 0.717) is 0 Å². The van der Waals surface area contributed by atoms with Gasteiger partial charge in [0.2, 0.25) is 0 Å². The first-order valence-electron chi connectivity index (χ1n) is 5.87. The summed E-state index contributed by atoms with van der Waals surface area (Å²) in [7, 11) is 0. The molecule has 6 nitrogen and oxygen atoms in total. The van der Waals surface area contributed by atoms with E-state index in [1.165, 1.54) is 12.4 Å². The minimum atomic E-state index is -4.21. The average Bonchev–Trinajstić information content (AvgIpc) is 3.09. The van der Waals surface area contributed by atoms with Crippen molar-refractivity contribution < 1.29 is 23.1 Å². The van der Waals surface area contributed by atoms with Crippen molar-refractivity contribution in [3.63, 3.8) is 0 Å². The smallest absolute Gasteiger partial charge is 0.392 e. The van der Waals surface area contributed by atoms with Crippen LogP contribution >= 0.6 is 0 Å². The molecule has 0 unspecified atom stereocenters. The summed E-state index contributed by atoms with van der Waals surface area (Å²) < 4.78 is 37.9. The van der Waals surface area contributed by atoms with E-state index >= 15 is 0 Å². The SMILES string of the molecule is O=C(O)Cn1ccnc(NC[C@@H]2C[C@H]2C(F)(F)F)c1=O. The second kappa shape index (κ2) is 5.14. The number of hydrogen-bond acceptors (Lipinski definition) is 4. The van der Waals surface area contributed by atoms with Crippen molar-refractivity contribution in [1.29, 1.82) is 0 Å². The van der Waals surface area contributed by atoms with E-state index in [1.54, 1.807) is 0 Å². The summed E-state index contributed by atoms with van der Waals surface area (Å²) in [6.07, 6.45) is -1.75. The minimum Gasteiger partial charge on any atom is -0.480 e. The number of anilines is 1. The van der Waals surface area contributed by atoms with Crippen LogP contribution in [0.4, 0.5) is 19.0 Å². The van der Waals surface area contributed by atoms with Crippen LogP contribution in [0.25, 0.3) is 0 Å². The van der Waals surface area contributed by atoms with E-state index in [1.807, 2.05) is 0 Å². The molecule has 1 heterocycles. The second-order valence-corrected chi connectivity index (χ2v) is 4.63. The summed E-state index contributed by atoms with van der Waals surface area (Å²) in [5.41, 5.74) is -0.667. The van der Waals surface area contributed by atoms with Gasteiger partial charge in [0.25, 0.3) is 5.56 Å². The number of nitrogens with one attached hydrogen (secondary N) is 1. The average molecular weight is 291 g/mol. The van der Waals surface area contributed by atoms with Crippen molar-refractivity contribution >= 4 is 11.8 Å². The molecule has 2 atom stereocenters. The van der Waals surface area contributed by atoms with Crippen molar-refractivity contribution in [3.8, 4) is 0 Å². The van der Waals surface area contributed by atoms with Gasteiger partial charge in [0.05, 0.1) is 5.92 Å². The summed E-state index contributed by atoms with van der Waals surface area (Å²) in [5, 5.41) is 11.2. The molecule has 0 amide bonds. The van der Waals surface area contributed by atoms with Gasteiger partial charge in [0.1, 0.15) is 6.54 Å². The summed E-state index contributed by atoms with van der Waals surface area (Å²) >= 11 is 0. The van der Waals surface area contributed by atoms with Crippen LogP contribution in [0, 0.1) is 11.8 Å². The molecule has 0 spiro atoms. The van der Waals surface area contributed by atoms with Crippen LogP contribution in [0.3, 0.4) is 0 Å². The summed E-state index contributed by atoms with van der Waals surface area (Å²) in [5.74, 6) is -3.23. The lowest BCUT2D eigenvalue weighted by atomic mass is 10.3. The van der Waals surface area contributed by atoms with E-state index in [9.17, 15) is 22.8 Å². The van der Waals surface area contributed by atoms with Crippen molar-refractivity contribution in [2.75, 3.05) is 11.9 Å². The highest BCUT2D eigenvalue weighted by Crippen LogP contribution is 2.49. The Morgan fingerprint density at radius 2 is 2.25 bits per heavy atom. The predicted molar refractivity (Wildman–Crippen MR) is 62.3 cm³/mol. The molecular formula is C11H12F3N3O3. The number of rotatable bonds is 5. The third kappa shape index (κ3) is 3.28. The number of nitrogens with zero attached hydrogens (tertiary/aromatic N) is 2. The number of hydrogen-bond donors (Lipinski definition) is 2. The molecule has 110 valence electrons. The molecule has 1 aromatic rings. The molecule has 20 heavy (non-hydrogen) atoms. The van der Waals surface area contributed by atoms with E-state index in [0.717, 1.165) is 4.57 Å². The van der Waals surface area contributed by atoms with Crippen molar-refractivity contribution in [3.05, 3.63) is 22.7 Å². The van der Waals surface area contributed by atoms with Gasteiger partial charge >= 0.3 is 12.1 Å². The largest absolute Gasteiger partial charge is 0.480 e. The van der Waals surface area contributed by atoms with E-state index in [2.05, 4.69) is 10.3 Å². The normalized spacial score (nSPS) is 21.6. The van der Waals surface area contributed by atoms with Crippen LogP contribution in [0.15, 0.2) is 17.2 Å². The number of carboxylic acid groups (broad SMARTS) is 1. The first-order chi connectivity index (χ1) is 9.29. The van der Waals surface area contributed by atoms with Gasteiger partial charge in [0, 0.05) is 18.9 Å². The third-order valence-electron chi connectivity index (χ3n) is 3.09. The molecule has 0 radical (unpaired) electrons. The molecule has 0 saturated heterocycles. The lowest BCUT2D eigenvalue weighted by Gasteiger charge is -2.08. The fraction of sp³-hybridized carbons (Fsp3) is 0.545. The van der Waals surface area contributed by atoms with Crippen LogP contribution in [0.5, 0.6) is 0 Å². The second-order valence-electron chi connectivity index (χ2n) is 4.63. The van der Waals surface area contributed by atoms with Gasteiger partial charge in [-0.25, -0.2) is 4.98 Å². The molecule has 1 fully saturated rings. The molecule has 1 aliphatic carbocycles. The van der Waals surface area contributed by atoms with E-state index in [-0.39, 0.29) is 18.8 Å². The number of carboxylic acids is 1. The number of halogens is 3. The summed E-state index contributed by atoms with van der Waals surface area (Å²) in [6.45, 7) is -0.534. The maximum absolute atomic E-state index is 12.3. The fourth-order valence-electron chi connectivity index (χ4n) is 1.94. The molecule has 1 aliphatic rings. The molecule has 1 aromatic heterocycles. The maximum Gasteiger partial charge on any atom is 0.392 e. The highest BCUT2D eigenvalue weighted by Gasteiger charge is 2.55. The molecule has 9 heteroatoms. The topological polar surface area (TPSA) is 84.2 Å². The van der Waals surface area contributed by atoms with Gasteiger partial charge in [-0.2, -0.15) is 13.2 Å². The molecule has 0 aliphatic heterocycles. The summed E-state index contributed by atoms with van der Waals surface area (Å²) in [6, 6.07) is 0. The van der Waals surface area contributed by atoms with Gasteiger partial charge in [-0.15, -0.1) is 0 Å². The van der Waals surface area contributed by atoms with Crippen LogP contribution in [0.1, 0.15) is 6.42 Å². The number of aliphatic carboxylic acids is 1. The van der Waals surface area contributed by atoms with E-state index in [4.69, 9.17) is 5.11 Å². The molecule has 0 aromatic carbocycles. The lowest BCUT2D eigenvalue weighted by Crippen LogP contribution is -2.28. The standard InChI is InChI=1S/C11H12F3N3O3/c12-11(13,14)7-3-6(7)4-16-9-10(20)17(2-1-15-9)5-8(18)19/h1-2,6-7H,3-5H2,(H,15,16)(H,18,19)/t6-,7+/m0/s1. The van der Waals surface area contributed by atoms with Crippen LogP contribution in [0.2, 0.25) is 0 Å². The molecule has 1 saturated carbocycles. The Labute approximate surface area is 111 Å². The highest BCUT2D eigenvalue weighted by molar-refractivity contribution is 5.66. The highest BCUT2D eigenvalue weighted by atomic mass is 19.4. The fourth-order valence-corrected chi connectivity index (χ4v) is 1.94. The first-order valence-corrected chi connectivity index (χ1v) is 5.87. The Hall–Kier alpha value is -2.06. The third-order valence-corrected chi connectivity index (χ3v) is 3.09. The number of alkyl halides is 3. The van der Waals surface area contributed by atoms with Gasteiger partial charge in [-0.1, -0.05) is 0 Å². The lowest BCUT2D eigenvalue weighted by molar-refractivity contribution is -0.150. The monoisotopic (exact) mass is 291 g/mol. The van der Waals surface area contributed by atoms with Gasteiger partial charge < -0.3 is 10.4 Å². The quantitative estimate of drug-likeness (QED) is 0.843. The molecule has 0 bridgehead atoms. The van der Waals surface area contributed by atoms with Gasteiger partial charge in [-0.3, -0.25) is 14.2 Å². The molecule has 2 N–H and O–H groups in total. The Morgan fingerprint density at radius 3 is 2.80 bits per heavy atom. The predicted octanol–water partition coefficient (Wildman–Crippen LogP) is 0.938. The Bertz CT molecular complexity index is 570. The zero-order valence-electron chi connectivity index (χ0n) is 10.2. The van der Waals surface area contributed by atoms with Crippen LogP contribution in [-0.4, -0.2) is 33.3 Å². The van der Waals surface area contributed by atoms with Crippen molar-refractivity contribution in [2.45, 2.75) is 19.1 Å². The van der Waals surface area contributed by atoms with Crippen molar-refractivity contribution in [2.24, 2.45) is 11.8 Å². The minimum absolute atomic E-state index is 0.0104. The Kier molecular flexibility index (Phi) is 3.69. The first kappa shape index (κ1) is 14.4. The summed E-state index contributed by atoms with van der Waals surface area (Å²) in [4.78, 5) is 26.0. The molecule has 2 rings (SSSR count). The number of carbonyl (C=O) groups is 1.